The Morgan fingerprint density at radius 2 is 1.65 bits per heavy atom. The zero-order valence-corrected chi connectivity index (χ0v) is 12.6. The van der Waals surface area contributed by atoms with Crippen molar-refractivity contribution in [3.63, 3.8) is 0 Å². The molecule has 1 aromatic heterocycles. The van der Waals surface area contributed by atoms with E-state index in [1.165, 1.54) is 4.68 Å². The Hall–Kier alpha value is -2.99. The SMILES string of the molecule is COCc1[nH]n(-c2ccccc2)c(=O)c1N=Nc1ccccc1. The molecule has 0 aliphatic carbocycles. The summed E-state index contributed by atoms with van der Waals surface area (Å²) in [5.41, 5.74) is 1.99. The fourth-order valence-electron chi connectivity index (χ4n) is 2.18. The van der Waals surface area contributed by atoms with E-state index in [-0.39, 0.29) is 17.9 Å². The van der Waals surface area contributed by atoms with E-state index in [2.05, 4.69) is 15.3 Å². The van der Waals surface area contributed by atoms with E-state index in [9.17, 15) is 4.79 Å². The molecule has 0 amide bonds. The first-order valence-electron chi connectivity index (χ1n) is 7.14. The lowest BCUT2D eigenvalue weighted by molar-refractivity contribution is 0.181. The number of para-hydroxylation sites is 1. The number of rotatable bonds is 5. The van der Waals surface area contributed by atoms with Gasteiger partial charge in [0.1, 0.15) is 0 Å². The average molecular weight is 308 g/mol. The number of aromatic nitrogens is 2. The normalized spacial score (nSPS) is 11.2. The highest BCUT2D eigenvalue weighted by atomic mass is 16.5. The standard InChI is InChI=1S/C17H16N4O2/c1-23-12-15-16(19-18-13-8-4-2-5-9-13)17(22)21(20-15)14-10-6-3-7-11-14/h2-11,20H,12H2,1H3. The van der Waals surface area contributed by atoms with Crippen molar-refractivity contribution >= 4 is 11.4 Å². The lowest BCUT2D eigenvalue weighted by Gasteiger charge is -2.00. The Bertz CT molecular complexity index is 851. The summed E-state index contributed by atoms with van der Waals surface area (Å²) in [6.45, 7) is 0.248. The molecule has 6 nitrogen and oxygen atoms in total. The van der Waals surface area contributed by atoms with Gasteiger partial charge in [-0.15, -0.1) is 5.11 Å². The van der Waals surface area contributed by atoms with Gasteiger partial charge in [0.05, 0.1) is 23.7 Å². The van der Waals surface area contributed by atoms with Crippen LogP contribution in [0.2, 0.25) is 0 Å². The van der Waals surface area contributed by atoms with Crippen molar-refractivity contribution in [3.05, 3.63) is 76.7 Å². The topological polar surface area (TPSA) is 71.7 Å². The average Bonchev–Trinajstić information content (AvgIpc) is 2.91. The zero-order chi connectivity index (χ0) is 16.1. The van der Waals surface area contributed by atoms with Crippen LogP contribution >= 0.6 is 0 Å². The number of aromatic amines is 1. The highest BCUT2D eigenvalue weighted by Crippen LogP contribution is 2.19. The van der Waals surface area contributed by atoms with Crippen LogP contribution in [-0.4, -0.2) is 16.9 Å². The summed E-state index contributed by atoms with van der Waals surface area (Å²) >= 11 is 0. The molecule has 1 heterocycles. The molecule has 0 unspecified atom stereocenters. The maximum Gasteiger partial charge on any atom is 0.299 e. The molecule has 0 spiro atoms. The second-order valence-electron chi connectivity index (χ2n) is 4.88. The number of hydrogen-bond acceptors (Lipinski definition) is 4. The number of azo groups is 1. The molecule has 1 N–H and O–H groups in total. The minimum Gasteiger partial charge on any atom is -0.378 e. The number of nitrogens with one attached hydrogen (secondary N) is 1. The number of ether oxygens (including phenoxy) is 1. The van der Waals surface area contributed by atoms with Crippen molar-refractivity contribution in [2.75, 3.05) is 7.11 Å². The summed E-state index contributed by atoms with van der Waals surface area (Å²) in [5.74, 6) is 0. The molecule has 2 aromatic carbocycles. The van der Waals surface area contributed by atoms with Gasteiger partial charge in [-0.05, 0) is 24.3 Å². The van der Waals surface area contributed by atoms with Crippen molar-refractivity contribution in [2.24, 2.45) is 10.2 Å². The second-order valence-corrected chi connectivity index (χ2v) is 4.88. The van der Waals surface area contributed by atoms with E-state index in [1.807, 2.05) is 60.7 Å². The molecule has 0 fully saturated rings. The van der Waals surface area contributed by atoms with Gasteiger partial charge in [0.15, 0.2) is 5.69 Å². The van der Waals surface area contributed by atoms with Crippen molar-refractivity contribution in [2.45, 2.75) is 6.61 Å². The van der Waals surface area contributed by atoms with Crippen LogP contribution in [0.3, 0.4) is 0 Å². The third-order valence-electron chi connectivity index (χ3n) is 3.26. The van der Waals surface area contributed by atoms with Gasteiger partial charge in [0.2, 0.25) is 0 Å². The largest absolute Gasteiger partial charge is 0.378 e. The number of benzene rings is 2. The Kier molecular flexibility index (Phi) is 4.44. The summed E-state index contributed by atoms with van der Waals surface area (Å²) in [4.78, 5) is 12.6. The quantitative estimate of drug-likeness (QED) is 0.729. The van der Waals surface area contributed by atoms with Crippen molar-refractivity contribution in [1.29, 1.82) is 0 Å². The second kappa shape index (κ2) is 6.85. The Morgan fingerprint density at radius 1 is 1.00 bits per heavy atom. The van der Waals surface area contributed by atoms with Gasteiger partial charge in [-0.25, -0.2) is 4.68 Å². The van der Waals surface area contributed by atoms with Crippen LogP contribution in [0.1, 0.15) is 5.69 Å². The first kappa shape index (κ1) is 14.9. The van der Waals surface area contributed by atoms with E-state index in [0.29, 0.717) is 11.4 Å². The molecule has 0 aliphatic rings. The van der Waals surface area contributed by atoms with Crippen molar-refractivity contribution in [3.8, 4) is 5.69 Å². The summed E-state index contributed by atoms with van der Waals surface area (Å²) in [7, 11) is 1.57. The van der Waals surface area contributed by atoms with Crippen molar-refractivity contribution in [1.82, 2.24) is 9.78 Å². The fourth-order valence-corrected chi connectivity index (χ4v) is 2.18. The first-order valence-corrected chi connectivity index (χ1v) is 7.14. The van der Waals surface area contributed by atoms with E-state index in [4.69, 9.17) is 4.74 Å². The van der Waals surface area contributed by atoms with Crippen LogP contribution in [0.15, 0.2) is 75.7 Å². The molecule has 0 saturated heterocycles. The van der Waals surface area contributed by atoms with Gasteiger partial charge < -0.3 is 4.74 Å². The Labute approximate surface area is 133 Å². The van der Waals surface area contributed by atoms with Crippen LogP contribution in [0.4, 0.5) is 11.4 Å². The summed E-state index contributed by atoms with van der Waals surface area (Å²) in [6, 6.07) is 18.6. The number of nitrogens with zero attached hydrogens (tertiary/aromatic N) is 3. The Morgan fingerprint density at radius 3 is 2.30 bits per heavy atom. The minimum atomic E-state index is -0.261. The fraction of sp³-hybridized carbons (Fsp3) is 0.118. The number of hydrogen-bond donors (Lipinski definition) is 1. The molecule has 0 bridgehead atoms. The molecule has 3 aromatic rings. The van der Waals surface area contributed by atoms with Gasteiger partial charge in [0.25, 0.3) is 5.56 Å². The van der Waals surface area contributed by atoms with E-state index in [0.717, 1.165) is 5.69 Å². The van der Waals surface area contributed by atoms with Gasteiger partial charge in [-0.1, -0.05) is 36.4 Å². The molecule has 0 saturated carbocycles. The lowest BCUT2D eigenvalue weighted by atomic mass is 10.3. The van der Waals surface area contributed by atoms with Gasteiger partial charge in [-0.3, -0.25) is 9.89 Å². The maximum absolute atomic E-state index is 12.6. The van der Waals surface area contributed by atoms with E-state index >= 15 is 0 Å². The monoisotopic (exact) mass is 308 g/mol. The Balaban J connectivity index is 2.03. The smallest absolute Gasteiger partial charge is 0.299 e. The third-order valence-corrected chi connectivity index (χ3v) is 3.26. The predicted molar refractivity (Wildman–Crippen MR) is 87.7 cm³/mol. The van der Waals surface area contributed by atoms with Crippen LogP contribution in [-0.2, 0) is 11.3 Å². The molecular weight excluding hydrogens is 292 g/mol. The zero-order valence-electron chi connectivity index (χ0n) is 12.6. The lowest BCUT2D eigenvalue weighted by Crippen LogP contribution is -2.13. The molecule has 3 rings (SSSR count). The summed E-state index contributed by atoms with van der Waals surface area (Å²) in [6.07, 6.45) is 0. The molecule has 0 radical (unpaired) electrons. The summed E-state index contributed by atoms with van der Waals surface area (Å²) < 4.78 is 6.58. The van der Waals surface area contributed by atoms with Crippen LogP contribution < -0.4 is 5.56 Å². The summed E-state index contributed by atoms with van der Waals surface area (Å²) in [5, 5.41) is 11.3. The minimum absolute atomic E-state index is 0.248. The van der Waals surface area contributed by atoms with Crippen LogP contribution in [0, 0.1) is 0 Å². The van der Waals surface area contributed by atoms with Crippen molar-refractivity contribution < 1.29 is 4.74 Å². The molecular formula is C17H16N4O2. The van der Waals surface area contributed by atoms with Crippen LogP contribution in [0.25, 0.3) is 5.69 Å². The molecule has 0 atom stereocenters. The predicted octanol–water partition coefficient (Wildman–Crippen LogP) is 3.73. The number of H-pyrrole nitrogens is 1. The van der Waals surface area contributed by atoms with E-state index < -0.39 is 0 Å². The molecule has 0 aliphatic heterocycles. The van der Waals surface area contributed by atoms with Crippen LogP contribution in [0.5, 0.6) is 0 Å². The maximum atomic E-state index is 12.6. The van der Waals surface area contributed by atoms with Gasteiger partial charge in [-0.2, -0.15) is 5.11 Å². The highest BCUT2D eigenvalue weighted by molar-refractivity contribution is 5.44. The molecule has 116 valence electrons. The molecule has 23 heavy (non-hydrogen) atoms. The third kappa shape index (κ3) is 3.27. The van der Waals surface area contributed by atoms with E-state index in [1.54, 1.807) is 7.11 Å². The first-order chi connectivity index (χ1) is 11.3. The number of methoxy groups -OCH3 is 1. The highest BCUT2D eigenvalue weighted by Gasteiger charge is 2.15. The van der Waals surface area contributed by atoms with Gasteiger partial charge >= 0.3 is 0 Å². The molecule has 6 heteroatoms. The van der Waals surface area contributed by atoms with Gasteiger partial charge in [0, 0.05) is 7.11 Å².